The average Bonchev–Trinajstić information content (AvgIpc) is 1.94. The van der Waals surface area contributed by atoms with Gasteiger partial charge in [0.2, 0.25) is 0 Å². The van der Waals surface area contributed by atoms with E-state index in [0.717, 1.165) is 26.2 Å². The summed E-state index contributed by atoms with van der Waals surface area (Å²) in [5.74, 6) is 0. The zero-order valence-corrected chi connectivity index (χ0v) is 7.30. The van der Waals surface area contributed by atoms with E-state index in [2.05, 4.69) is 12.2 Å². The summed E-state index contributed by atoms with van der Waals surface area (Å²) in [5.41, 5.74) is 0. The highest BCUT2D eigenvalue weighted by Crippen LogP contribution is 2.05. The molecule has 1 atom stereocenters. The van der Waals surface area contributed by atoms with Crippen molar-refractivity contribution in [2.24, 2.45) is 0 Å². The second kappa shape index (κ2) is 4.70. The zero-order chi connectivity index (χ0) is 8.10. The molecule has 0 spiro atoms. The molecule has 1 heterocycles. The van der Waals surface area contributed by atoms with Crippen molar-refractivity contribution in [1.29, 1.82) is 0 Å². The molecule has 1 fully saturated rings. The Morgan fingerprint density at radius 3 is 2.82 bits per heavy atom. The lowest BCUT2D eigenvalue weighted by Gasteiger charge is -2.26. The van der Waals surface area contributed by atoms with E-state index < -0.39 is 0 Å². The third-order valence-corrected chi connectivity index (χ3v) is 2.00. The Labute approximate surface area is 68.1 Å². The van der Waals surface area contributed by atoms with Gasteiger partial charge in [-0.2, -0.15) is 0 Å². The smallest absolute Gasteiger partial charge is 0.104 e. The molecule has 1 unspecified atom stereocenters. The van der Waals surface area contributed by atoms with Crippen LogP contribution in [0, 0.1) is 0 Å². The van der Waals surface area contributed by atoms with Crippen molar-refractivity contribution in [2.45, 2.75) is 25.5 Å². The maximum absolute atomic E-state index is 5.49. The highest BCUT2D eigenvalue weighted by atomic mass is 16.6. The summed E-state index contributed by atoms with van der Waals surface area (Å²) in [6.45, 7) is 4.57. The number of ether oxygens (including phenoxy) is 2. The molecule has 0 aromatic carbocycles. The van der Waals surface area contributed by atoms with E-state index >= 15 is 0 Å². The van der Waals surface area contributed by atoms with Gasteiger partial charge >= 0.3 is 0 Å². The second-order valence-corrected chi connectivity index (χ2v) is 3.01. The fourth-order valence-electron chi connectivity index (χ4n) is 0.866. The highest BCUT2D eigenvalue weighted by Gasteiger charge is 2.18. The molecule has 1 N–H and O–H groups in total. The number of nitrogens with one attached hydrogen (secondary N) is 1. The normalized spacial score (nSPS) is 21.3. The zero-order valence-electron chi connectivity index (χ0n) is 7.30. The summed E-state index contributed by atoms with van der Waals surface area (Å²) < 4.78 is 10.5. The van der Waals surface area contributed by atoms with Crippen LogP contribution in [0.5, 0.6) is 0 Å². The van der Waals surface area contributed by atoms with Gasteiger partial charge in [-0.15, -0.1) is 0 Å². The van der Waals surface area contributed by atoms with E-state index in [1.54, 1.807) is 0 Å². The van der Waals surface area contributed by atoms with Crippen LogP contribution in [-0.4, -0.2) is 39.0 Å². The standard InChI is InChI=1S/C8H17NO2/c1-7(9-2)3-4-11-8-5-10-6-8/h7-9H,3-6H2,1-2H3. The van der Waals surface area contributed by atoms with Crippen molar-refractivity contribution in [3.8, 4) is 0 Å². The molecule has 66 valence electrons. The first-order chi connectivity index (χ1) is 5.33. The van der Waals surface area contributed by atoms with Gasteiger partial charge in [-0.3, -0.25) is 0 Å². The van der Waals surface area contributed by atoms with Crippen LogP contribution < -0.4 is 5.32 Å². The predicted octanol–water partition coefficient (Wildman–Crippen LogP) is 0.400. The van der Waals surface area contributed by atoms with Crippen LogP contribution in [0.2, 0.25) is 0 Å². The Kier molecular flexibility index (Phi) is 3.83. The van der Waals surface area contributed by atoms with Gasteiger partial charge in [0.1, 0.15) is 6.10 Å². The first-order valence-corrected chi connectivity index (χ1v) is 4.19. The van der Waals surface area contributed by atoms with Gasteiger partial charge in [0, 0.05) is 12.6 Å². The third kappa shape index (κ3) is 3.18. The Bertz CT molecular complexity index is 99.5. The number of hydrogen-bond donors (Lipinski definition) is 1. The topological polar surface area (TPSA) is 30.5 Å². The summed E-state index contributed by atoms with van der Waals surface area (Å²) in [4.78, 5) is 0. The Morgan fingerprint density at radius 2 is 2.36 bits per heavy atom. The Hall–Kier alpha value is -0.120. The number of hydrogen-bond acceptors (Lipinski definition) is 3. The lowest BCUT2D eigenvalue weighted by molar-refractivity contribution is -0.130. The summed E-state index contributed by atoms with van der Waals surface area (Å²) >= 11 is 0. The fourth-order valence-corrected chi connectivity index (χ4v) is 0.866. The number of rotatable bonds is 5. The SMILES string of the molecule is CNC(C)CCOC1COC1. The largest absolute Gasteiger partial charge is 0.376 e. The molecule has 0 aromatic rings. The maximum Gasteiger partial charge on any atom is 0.104 e. The van der Waals surface area contributed by atoms with Crippen molar-refractivity contribution < 1.29 is 9.47 Å². The molecule has 0 aromatic heterocycles. The van der Waals surface area contributed by atoms with Gasteiger partial charge in [0.25, 0.3) is 0 Å². The molecular formula is C8H17NO2. The van der Waals surface area contributed by atoms with Gasteiger partial charge in [0.05, 0.1) is 13.2 Å². The molecular weight excluding hydrogens is 142 g/mol. The molecule has 3 nitrogen and oxygen atoms in total. The van der Waals surface area contributed by atoms with Gasteiger partial charge in [0.15, 0.2) is 0 Å². The lowest BCUT2D eigenvalue weighted by Crippen LogP contribution is -2.37. The third-order valence-electron chi connectivity index (χ3n) is 2.00. The first kappa shape index (κ1) is 8.97. The summed E-state index contributed by atoms with van der Waals surface area (Å²) in [6.07, 6.45) is 1.45. The van der Waals surface area contributed by atoms with E-state index in [0.29, 0.717) is 12.1 Å². The van der Waals surface area contributed by atoms with Crippen LogP contribution in [0.15, 0.2) is 0 Å². The molecule has 1 aliphatic rings. The van der Waals surface area contributed by atoms with Crippen LogP contribution >= 0.6 is 0 Å². The van der Waals surface area contributed by atoms with E-state index in [4.69, 9.17) is 9.47 Å². The van der Waals surface area contributed by atoms with E-state index in [-0.39, 0.29) is 0 Å². The Balaban J connectivity index is 1.86. The first-order valence-electron chi connectivity index (χ1n) is 4.19. The second-order valence-electron chi connectivity index (χ2n) is 3.01. The van der Waals surface area contributed by atoms with Crippen LogP contribution in [0.25, 0.3) is 0 Å². The van der Waals surface area contributed by atoms with Crippen molar-refractivity contribution >= 4 is 0 Å². The molecule has 0 radical (unpaired) electrons. The van der Waals surface area contributed by atoms with Gasteiger partial charge < -0.3 is 14.8 Å². The van der Waals surface area contributed by atoms with Crippen molar-refractivity contribution in [2.75, 3.05) is 26.9 Å². The molecule has 0 aliphatic carbocycles. The van der Waals surface area contributed by atoms with Crippen molar-refractivity contribution in [1.82, 2.24) is 5.32 Å². The maximum atomic E-state index is 5.49. The predicted molar refractivity (Wildman–Crippen MR) is 43.7 cm³/mol. The average molecular weight is 159 g/mol. The summed E-state index contributed by atoms with van der Waals surface area (Å²) in [7, 11) is 1.97. The monoisotopic (exact) mass is 159 g/mol. The van der Waals surface area contributed by atoms with E-state index in [1.165, 1.54) is 0 Å². The van der Waals surface area contributed by atoms with Crippen molar-refractivity contribution in [3.63, 3.8) is 0 Å². The quantitative estimate of drug-likeness (QED) is 0.630. The molecule has 0 saturated carbocycles. The van der Waals surface area contributed by atoms with Gasteiger partial charge in [-0.25, -0.2) is 0 Å². The fraction of sp³-hybridized carbons (Fsp3) is 1.00. The lowest BCUT2D eigenvalue weighted by atomic mass is 10.2. The summed E-state index contributed by atoms with van der Waals surface area (Å²) in [6, 6.07) is 0.552. The Morgan fingerprint density at radius 1 is 1.64 bits per heavy atom. The van der Waals surface area contributed by atoms with Crippen LogP contribution in [0.4, 0.5) is 0 Å². The van der Waals surface area contributed by atoms with Crippen LogP contribution in [0.3, 0.4) is 0 Å². The minimum Gasteiger partial charge on any atom is -0.376 e. The van der Waals surface area contributed by atoms with Crippen LogP contribution in [-0.2, 0) is 9.47 Å². The molecule has 0 bridgehead atoms. The van der Waals surface area contributed by atoms with Crippen molar-refractivity contribution in [3.05, 3.63) is 0 Å². The molecule has 11 heavy (non-hydrogen) atoms. The minimum atomic E-state index is 0.374. The van der Waals surface area contributed by atoms with Gasteiger partial charge in [-0.05, 0) is 20.4 Å². The molecule has 1 aliphatic heterocycles. The van der Waals surface area contributed by atoms with E-state index in [1.807, 2.05) is 7.05 Å². The van der Waals surface area contributed by atoms with Gasteiger partial charge in [-0.1, -0.05) is 0 Å². The molecule has 1 rings (SSSR count). The van der Waals surface area contributed by atoms with E-state index in [9.17, 15) is 0 Å². The molecule has 0 amide bonds. The molecule has 3 heteroatoms. The van der Waals surface area contributed by atoms with Crippen LogP contribution in [0.1, 0.15) is 13.3 Å². The molecule has 1 saturated heterocycles. The minimum absolute atomic E-state index is 0.374. The summed E-state index contributed by atoms with van der Waals surface area (Å²) in [5, 5.41) is 3.16. The highest BCUT2D eigenvalue weighted by molar-refractivity contribution is 4.65.